The van der Waals surface area contributed by atoms with Gasteiger partial charge in [-0.25, -0.2) is 13.2 Å². The summed E-state index contributed by atoms with van der Waals surface area (Å²) in [4.78, 5) is 30.0. The molecular formula is C21H26N4O6S. The van der Waals surface area contributed by atoms with Gasteiger partial charge in [-0.2, -0.15) is 4.31 Å². The Morgan fingerprint density at radius 2 is 2.09 bits per heavy atom. The third kappa shape index (κ3) is 4.23. The van der Waals surface area contributed by atoms with Gasteiger partial charge < -0.3 is 25.2 Å². The van der Waals surface area contributed by atoms with Crippen LogP contribution >= 0.6 is 0 Å². The molecule has 0 spiro atoms. The van der Waals surface area contributed by atoms with Gasteiger partial charge in [-0.1, -0.05) is 6.92 Å². The molecule has 1 aliphatic rings. The Bertz CT molecular complexity index is 1320. The van der Waals surface area contributed by atoms with Crippen LogP contribution < -0.4 is 16.0 Å². The molecule has 1 atom stereocenters. The van der Waals surface area contributed by atoms with Gasteiger partial charge in [-0.3, -0.25) is 4.79 Å². The zero-order valence-corrected chi connectivity index (χ0v) is 18.7. The summed E-state index contributed by atoms with van der Waals surface area (Å²) < 4.78 is 38.5. The van der Waals surface area contributed by atoms with E-state index in [-0.39, 0.29) is 41.4 Å². The van der Waals surface area contributed by atoms with Crippen molar-refractivity contribution in [1.82, 2.24) is 14.3 Å². The number of benzene rings is 1. The number of carbonyl (C=O) groups is 1. The van der Waals surface area contributed by atoms with E-state index in [0.29, 0.717) is 22.7 Å². The number of sulfonamides is 1. The number of carbonyl (C=O) groups excluding carboxylic acids is 1. The summed E-state index contributed by atoms with van der Waals surface area (Å²) in [6.07, 6.45) is 2.70. The molecule has 1 saturated carbocycles. The molecule has 1 aliphatic carbocycles. The lowest BCUT2D eigenvalue weighted by Crippen LogP contribution is -2.41. The Labute approximate surface area is 184 Å². The summed E-state index contributed by atoms with van der Waals surface area (Å²) in [5.74, 6) is 0.0846. The van der Waals surface area contributed by atoms with Crippen LogP contribution in [-0.2, 0) is 14.8 Å². The van der Waals surface area contributed by atoms with Crippen molar-refractivity contribution in [3.63, 3.8) is 0 Å². The lowest BCUT2D eigenvalue weighted by molar-refractivity contribution is 0.0997. The van der Waals surface area contributed by atoms with Gasteiger partial charge in [-0.05, 0) is 44.4 Å². The number of ether oxygens (including phenoxy) is 2. The molecule has 32 heavy (non-hydrogen) atoms. The molecule has 2 aromatic heterocycles. The second-order valence-corrected chi connectivity index (χ2v) is 9.94. The van der Waals surface area contributed by atoms with Gasteiger partial charge in [0.2, 0.25) is 10.0 Å². The number of nitrogens with one attached hydrogen (secondary N) is 2. The lowest BCUT2D eigenvalue weighted by Gasteiger charge is -2.23. The van der Waals surface area contributed by atoms with Crippen molar-refractivity contribution < 1.29 is 22.7 Å². The highest BCUT2D eigenvalue weighted by atomic mass is 32.2. The van der Waals surface area contributed by atoms with Crippen molar-refractivity contribution in [2.45, 2.75) is 50.1 Å². The van der Waals surface area contributed by atoms with Crippen LogP contribution in [0.4, 0.5) is 4.79 Å². The van der Waals surface area contributed by atoms with Crippen LogP contribution in [0.2, 0.25) is 0 Å². The quantitative estimate of drug-likeness (QED) is 0.436. The Morgan fingerprint density at radius 1 is 1.34 bits per heavy atom. The molecule has 4 rings (SSSR count). The highest BCUT2D eigenvalue weighted by molar-refractivity contribution is 7.89. The molecule has 0 amide bonds. The van der Waals surface area contributed by atoms with E-state index in [2.05, 4.69) is 9.97 Å². The monoisotopic (exact) mass is 462 g/mol. The van der Waals surface area contributed by atoms with Crippen molar-refractivity contribution in [3.05, 3.63) is 34.7 Å². The molecule has 11 heteroatoms. The van der Waals surface area contributed by atoms with Crippen LogP contribution in [0.15, 0.2) is 34.1 Å². The van der Waals surface area contributed by atoms with Crippen molar-refractivity contribution in [1.29, 1.82) is 0 Å². The van der Waals surface area contributed by atoms with Gasteiger partial charge in [0.25, 0.3) is 5.56 Å². The molecule has 0 radical (unpaired) electrons. The van der Waals surface area contributed by atoms with Gasteiger partial charge >= 0.3 is 6.16 Å². The number of nitrogens with two attached hydrogens (primary N) is 1. The summed E-state index contributed by atoms with van der Waals surface area (Å²) in [5.41, 5.74) is 6.05. The fourth-order valence-corrected chi connectivity index (χ4v) is 5.46. The highest BCUT2D eigenvalue weighted by Crippen LogP contribution is 2.35. The van der Waals surface area contributed by atoms with E-state index in [1.54, 1.807) is 6.92 Å². The summed E-state index contributed by atoms with van der Waals surface area (Å²) in [7, 11) is -3.82. The molecular weight excluding hydrogens is 436 g/mol. The van der Waals surface area contributed by atoms with Crippen molar-refractivity contribution in [3.8, 4) is 5.75 Å². The molecule has 3 aromatic rings. The molecule has 0 unspecified atom stereocenters. The smallest absolute Gasteiger partial charge is 0.434 e. The minimum absolute atomic E-state index is 0.0585. The second-order valence-electron chi connectivity index (χ2n) is 8.05. The fraction of sp³-hybridized carbons (Fsp3) is 0.429. The molecule has 172 valence electrons. The third-order valence-corrected chi connectivity index (χ3v) is 7.14. The Morgan fingerprint density at radius 3 is 2.75 bits per heavy atom. The largest absolute Gasteiger partial charge is 0.513 e. The van der Waals surface area contributed by atoms with E-state index in [9.17, 15) is 18.0 Å². The van der Waals surface area contributed by atoms with Crippen LogP contribution in [0.3, 0.4) is 0 Å². The normalized spacial score (nSPS) is 15.4. The topological polar surface area (TPSA) is 148 Å². The SMILES string of the molecule is CCCOC(=O)Oc1c[nH]c2c(=O)[nH]c3ccc(S(=O)(=O)N(C[C@H](C)N)C4CC4)cc3c12. The summed E-state index contributed by atoms with van der Waals surface area (Å²) >= 11 is 0. The molecule has 0 aliphatic heterocycles. The number of H-pyrrole nitrogens is 2. The van der Waals surface area contributed by atoms with Crippen molar-refractivity contribution in [2.75, 3.05) is 13.2 Å². The number of fused-ring (bicyclic) bond motifs is 3. The number of hydrogen-bond acceptors (Lipinski definition) is 7. The summed E-state index contributed by atoms with van der Waals surface area (Å²) in [6, 6.07) is 4.10. The van der Waals surface area contributed by atoms with Gasteiger partial charge in [0, 0.05) is 35.7 Å². The van der Waals surface area contributed by atoms with Gasteiger partial charge in [-0.15, -0.1) is 0 Å². The first-order valence-electron chi connectivity index (χ1n) is 10.5. The highest BCUT2D eigenvalue weighted by Gasteiger charge is 2.38. The van der Waals surface area contributed by atoms with Crippen molar-refractivity contribution in [2.24, 2.45) is 5.73 Å². The number of rotatable bonds is 8. The standard InChI is InChI=1S/C21H26N4O6S/c1-3-8-30-21(27)31-17-10-23-19-18(17)15-9-14(6-7-16(15)24-20(19)26)32(28,29)25(11-12(2)22)13-4-5-13/h6-7,9-10,12-13,23H,3-5,8,11,22H2,1-2H3,(H,24,26)/t12-/m0/s1. The number of aromatic amines is 2. The maximum absolute atomic E-state index is 13.4. The minimum Gasteiger partial charge on any atom is -0.434 e. The molecule has 4 N–H and O–H groups in total. The number of nitrogens with zero attached hydrogens (tertiary/aromatic N) is 1. The van der Waals surface area contributed by atoms with Crippen LogP contribution in [0.25, 0.3) is 21.8 Å². The number of pyridine rings is 1. The number of aromatic nitrogens is 2. The van der Waals surface area contributed by atoms with E-state index < -0.39 is 21.7 Å². The van der Waals surface area contributed by atoms with E-state index in [4.69, 9.17) is 15.2 Å². The molecule has 2 heterocycles. The Hall–Kier alpha value is -2.89. The first-order valence-corrected chi connectivity index (χ1v) is 12.0. The van der Waals surface area contributed by atoms with E-state index in [0.717, 1.165) is 12.8 Å². The minimum atomic E-state index is -3.82. The molecule has 0 bridgehead atoms. The van der Waals surface area contributed by atoms with E-state index in [1.165, 1.54) is 28.7 Å². The third-order valence-electron chi connectivity index (χ3n) is 5.23. The van der Waals surface area contributed by atoms with Gasteiger partial charge in [0.1, 0.15) is 5.52 Å². The molecule has 10 nitrogen and oxygen atoms in total. The first-order chi connectivity index (χ1) is 15.2. The van der Waals surface area contributed by atoms with Gasteiger partial charge in [0.15, 0.2) is 5.75 Å². The average molecular weight is 463 g/mol. The summed E-state index contributed by atoms with van der Waals surface area (Å²) in [6.45, 7) is 4.03. The van der Waals surface area contributed by atoms with Crippen molar-refractivity contribution >= 4 is 38.0 Å². The zero-order chi connectivity index (χ0) is 23.0. The molecule has 1 fully saturated rings. The predicted octanol–water partition coefficient (Wildman–Crippen LogP) is 2.44. The second kappa shape index (κ2) is 8.57. The lowest BCUT2D eigenvalue weighted by atomic mass is 10.1. The summed E-state index contributed by atoms with van der Waals surface area (Å²) in [5, 5.41) is 0.733. The molecule has 1 aromatic carbocycles. The predicted molar refractivity (Wildman–Crippen MR) is 119 cm³/mol. The maximum atomic E-state index is 13.4. The fourth-order valence-electron chi connectivity index (χ4n) is 3.65. The Balaban J connectivity index is 1.83. The van der Waals surface area contributed by atoms with Crippen LogP contribution in [0, 0.1) is 0 Å². The zero-order valence-electron chi connectivity index (χ0n) is 17.9. The van der Waals surface area contributed by atoms with E-state index in [1.807, 2.05) is 6.92 Å². The van der Waals surface area contributed by atoms with Crippen LogP contribution in [0.5, 0.6) is 5.75 Å². The first kappa shape index (κ1) is 22.3. The Kier molecular flexibility index (Phi) is 5.97. The average Bonchev–Trinajstić information content (AvgIpc) is 3.50. The van der Waals surface area contributed by atoms with Gasteiger partial charge in [0.05, 0.1) is 16.9 Å². The van der Waals surface area contributed by atoms with E-state index >= 15 is 0 Å². The maximum Gasteiger partial charge on any atom is 0.513 e. The molecule has 0 saturated heterocycles. The number of hydrogen-bond donors (Lipinski definition) is 3. The van der Waals surface area contributed by atoms with Crippen LogP contribution in [0.1, 0.15) is 33.1 Å². The van der Waals surface area contributed by atoms with Crippen LogP contribution in [-0.4, -0.2) is 54.1 Å².